The number of likely N-dealkylation sites (tertiary alicyclic amines) is 1. The number of rotatable bonds is 3. The van der Waals surface area contributed by atoms with E-state index in [2.05, 4.69) is 20.2 Å². The highest BCUT2D eigenvalue weighted by Gasteiger charge is 2.27. The topological polar surface area (TPSA) is 78.7 Å². The molecule has 0 spiro atoms. The maximum Gasteiger partial charge on any atom is 0.213 e. The summed E-state index contributed by atoms with van der Waals surface area (Å²) in [6.45, 7) is 1.69. The van der Waals surface area contributed by atoms with Crippen molar-refractivity contribution >= 4 is 22.5 Å². The molecule has 0 radical (unpaired) electrons. The van der Waals surface area contributed by atoms with Crippen LogP contribution < -0.4 is 11.1 Å². The van der Waals surface area contributed by atoms with E-state index in [0.717, 1.165) is 48.1 Å². The molecule has 2 aliphatic heterocycles. The number of nitrogens with zero attached hydrogens (tertiary/aromatic N) is 2. The van der Waals surface area contributed by atoms with Gasteiger partial charge < -0.3 is 20.8 Å². The molecule has 1 unspecified atom stereocenters. The SMILES string of the molecule is COC1=NC(N2CCC(N)CC2)NC(c2c[nH]c3ccc(-c4c(F)cccc4F)cc23)=C1. The van der Waals surface area contributed by atoms with E-state index in [4.69, 9.17) is 10.5 Å². The molecule has 0 bridgehead atoms. The van der Waals surface area contributed by atoms with Crippen LogP contribution in [0.25, 0.3) is 27.7 Å². The van der Waals surface area contributed by atoms with Gasteiger partial charge in [-0.25, -0.2) is 13.8 Å². The van der Waals surface area contributed by atoms with Crippen molar-refractivity contribution < 1.29 is 13.5 Å². The minimum Gasteiger partial charge on any atom is -0.481 e. The Hall–Kier alpha value is -3.23. The number of H-pyrrole nitrogens is 1. The molecule has 3 heterocycles. The van der Waals surface area contributed by atoms with E-state index in [1.54, 1.807) is 19.2 Å². The number of benzene rings is 2. The molecule has 1 atom stereocenters. The first-order valence-corrected chi connectivity index (χ1v) is 10.7. The number of halogens is 2. The zero-order chi connectivity index (χ0) is 22.2. The lowest BCUT2D eigenvalue weighted by Gasteiger charge is -2.36. The van der Waals surface area contributed by atoms with Crippen LogP contribution in [-0.4, -0.2) is 48.3 Å². The molecular weight excluding hydrogens is 412 g/mol. The normalized spacial score (nSPS) is 20.1. The number of ether oxygens (including phenoxy) is 1. The fraction of sp³-hybridized carbons (Fsp3) is 0.292. The number of hydrogen-bond acceptors (Lipinski definition) is 5. The number of aliphatic imine (C=N–C) groups is 1. The lowest BCUT2D eigenvalue weighted by atomic mass is 10.0. The van der Waals surface area contributed by atoms with Gasteiger partial charge in [0.1, 0.15) is 11.6 Å². The first-order chi connectivity index (χ1) is 15.5. The summed E-state index contributed by atoms with van der Waals surface area (Å²) in [5, 5.41) is 4.34. The fourth-order valence-electron chi connectivity index (χ4n) is 4.37. The Balaban J connectivity index is 1.52. The summed E-state index contributed by atoms with van der Waals surface area (Å²) < 4.78 is 34.2. The van der Waals surface area contributed by atoms with Crippen LogP contribution in [0.15, 0.2) is 53.7 Å². The molecule has 2 aliphatic rings. The maximum absolute atomic E-state index is 14.4. The Labute approximate surface area is 184 Å². The molecule has 2 aromatic carbocycles. The summed E-state index contributed by atoms with van der Waals surface area (Å²) in [5.74, 6) is -0.661. The summed E-state index contributed by atoms with van der Waals surface area (Å²) in [7, 11) is 1.59. The molecule has 0 saturated carbocycles. The molecule has 1 saturated heterocycles. The Morgan fingerprint density at radius 2 is 1.88 bits per heavy atom. The number of hydrogen-bond donors (Lipinski definition) is 3. The van der Waals surface area contributed by atoms with Crippen LogP contribution in [0.2, 0.25) is 0 Å². The average molecular weight is 437 g/mol. The van der Waals surface area contributed by atoms with E-state index in [9.17, 15) is 8.78 Å². The predicted octanol–water partition coefficient (Wildman–Crippen LogP) is 3.81. The number of piperidine rings is 1. The standard InChI is InChI=1S/C24H25F2N5O/c1-32-22-12-21(29-24(30-22)31-9-7-15(27)8-10-31)17-13-28-20-6-5-14(11-16(17)20)23-18(25)3-2-4-19(23)26/h2-6,11-13,15,24,28-29H,7-10,27H2,1H3. The minimum absolute atomic E-state index is 0.0335. The van der Waals surface area contributed by atoms with Gasteiger partial charge in [-0.2, -0.15) is 0 Å². The van der Waals surface area contributed by atoms with Crippen molar-refractivity contribution in [2.75, 3.05) is 20.2 Å². The molecule has 166 valence electrons. The van der Waals surface area contributed by atoms with Gasteiger partial charge in [-0.15, -0.1) is 0 Å². The summed E-state index contributed by atoms with van der Waals surface area (Å²) in [6.07, 6.45) is 5.28. The van der Waals surface area contributed by atoms with E-state index in [1.807, 2.05) is 18.3 Å². The second kappa shape index (κ2) is 8.37. The van der Waals surface area contributed by atoms with Crippen molar-refractivity contribution in [1.29, 1.82) is 0 Å². The quantitative estimate of drug-likeness (QED) is 0.582. The van der Waals surface area contributed by atoms with Gasteiger partial charge in [-0.05, 0) is 42.7 Å². The van der Waals surface area contributed by atoms with E-state index in [0.29, 0.717) is 11.5 Å². The fourth-order valence-corrected chi connectivity index (χ4v) is 4.37. The Morgan fingerprint density at radius 3 is 2.59 bits per heavy atom. The smallest absolute Gasteiger partial charge is 0.213 e. The van der Waals surface area contributed by atoms with Gasteiger partial charge in [-0.1, -0.05) is 12.1 Å². The predicted molar refractivity (Wildman–Crippen MR) is 122 cm³/mol. The van der Waals surface area contributed by atoms with Crippen molar-refractivity contribution in [2.45, 2.75) is 25.2 Å². The van der Waals surface area contributed by atoms with Crippen molar-refractivity contribution in [3.8, 4) is 11.1 Å². The average Bonchev–Trinajstić information content (AvgIpc) is 3.22. The molecule has 1 aromatic heterocycles. The summed E-state index contributed by atoms with van der Waals surface area (Å²) in [4.78, 5) is 10.1. The zero-order valence-electron chi connectivity index (χ0n) is 17.7. The van der Waals surface area contributed by atoms with Crippen LogP contribution in [0.3, 0.4) is 0 Å². The van der Waals surface area contributed by atoms with Gasteiger partial charge in [0.2, 0.25) is 5.90 Å². The Kier molecular flexibility index (Phi) is 5.40. The summed E-state index contributed by atoms with van der Waals surface area (Å²) >= 11 is 0. The molecule has 0 amide bonds. The third kappa shape index (κ3) is 3.76. The van der Waals surface area contributed by atoms with Gasteiger partial charge >= 0.3 is 0 Å². The highest BCUT2D eigenvalue weighted by molar-refractivity contribution is 6.02. The number of methoxy groups -OCH3 is 1. The largest absolute Gasteiger partial charge is 0.481 e. The van der Waals surface area contributed by atoms with Crippen LogP contribution in [0.4, 0.5) is 8.78 Å². The van der Waals surface area contributed by atoms with Crippen molar-refractivity contribution in [2.24, 2.45) is 10.7 Å². The van der Waals surface area contributed by atoms with Gasteiger partial charge in [0.05, 0.1) is 18.4 Å². The van der Waals surface area contributed by atoms with E-state index >= 15 is 0 Å². The van der Waals surface area contributed by atoms with E-state index in [1.165, 1.54) is 18.2 Å². The van der Waals surface area contributed by atoms with Crippen LogP contribution in [0, 0.1) is 11.6 Å². The van der Waals surface area contributed by atoms with Gasteiger partial charge in [0, 0.05) is 47.9 Å². The third-order valence-corrected chi connectivity index (χ3v) is 6.15. The van der Waals surface area contributed by atoms with E-state index < -0.39 is 11.6 Å². The molecule has 0 aliphatic carbocycles. The number of nitrogens with two attached hydrogens (primary N) is 1. The van der Waals surface area contributed by atoms with Gasteiger partial charge in [-0.3, -0.25) is 4.90 Å². The maximum atomic E-state index is 14.4. The van der Waals surface area contributed by atoms with E-state index in [-0.39, 0.29) is 17.9 Å². The molecular formula is C24H25F2N5O. The van der Waals surface area contributed by atoms with Crippen LogP contribution in [0.1, 0.15) is 18.4 Å². The van der Waals surface area contributed by atoms with Gasteiger partial charge in [0.15, 0.2) is 6.29 Å². The zero-order valence-corrected chi connectivity index (χ0v) is 17.7. The van der Waals surface area contributed by atoms with Gasteiger partial charge in [0.25, 0.3) is 0 Å². The van der Waals surface area contributed by atoms with Crippen molar-refractivity contribution in [3.63, 3.8) is 0 Å². The number of aromatic amines is 1. The molecule has 32 heavy (non-hydrogen) atoms. The highest BCUT2D eigenvalue weighted by atomic mass is 19.1. The Bertz CT molecular complexity index is 1190. The summed E-state index contributed by atoms with van der Waals surface area (Å²) in [6, 6.07) is 9.47. The Morgan fingerprint density at radius 1 is 1.12 bits per heavy atom. The molecule has 6 nitrogen and oxygen atoms in total. The van der Waals surface area contributed by atoms with Crippen LogP contribution in [0.5, 0.6) is 0 Å². The first-order valence-electron chi connectivity index (χ1n) is 10.7. The minimum atomic E-state index is -0.589. The van der Waals surface area contributed by atoms with Crippen LogP contribution >= 0.6 is 0 Å². The molecule has 3 aromatic rings. The molecule has 4 N–H and O–H groups in total. The first kappa shape index (κ1) is 20.7. The monoisotopic (exact) mass is 437 g/mol. The van der Waals surface area contributed by atoms with Crippen LogP contribution in [-0.2, 0) is 4.74 Å². The second-order valence-corrected chi connectivity index (χ2v) is 8.18. The lowest BCUT2D eigenvalue weighted by molar-refractivity contribution is 0.142. The highest BCUT2D eigenvalue weighted by Crippen LogP contribution is 2.32. The lowest BCUT2D eigenvalue weighted by Crippen LogP contribution is -2.51. The third-order valence-electron chi connectivity index (χ3n) is 6.15. The number of aromatic nitrogens is 1. The number of fused-ring (bicyclic) bond motifs is 1. The van der Waals surface area contributed by atoms with Crippen molar-refractivity contribution in [3.05, 3.63) is 65.9 Å². The van der Waals surface area contributed by atoms with Crippen molar-refractivity contribution in [1.82, 2.24) is 15.2 Å². The molecule has 1 fully saturated rings. The molecule has 8 heteroatoms. The summed E-state index contributed by atoms with van der Waals surface area (Å²) in [5.41, 5.74) is 9.07. The second-order valence-electron chi connectivity index (χ2n) is 8.18. The number of nitrogens with one attached hydrogen (secondary N) is 2. The molecule has 5 rings (SSSR count).